The predicted octanol–water partition coefficient (Wildman–Crippen LogP) is -0.466. The third-order valence-corrected chi connectivity index (χ3v) is 3.00. The number of rotatable bonds is 3. The molecule has 3 N–H and O–H groups in total. The zero-order chi connectivity index (χ0) is 13.3. The first-order chi connectivity index (χ1) is 8.44. The number of anilines is 1. The first-order valence-corrected chi connectivity index (χ1v) is 6.11. The van der Waals surface area contributed by atoms with E-state index in [-0.39, 0.29) is 12.0 Å². The first kappa shape index (κ1) is 13.4. The van der Waals surface area contributed by atoms with Crippen molar-refractivity contribution in [1.29, 1.82) is 0 Å². The Kier molecular flexibility index (Phi) is 3.65. The van der Waals surface area contributed by atoms with Crippen molar-refractivity contribution in [1.82, 2.24) is 9.78 Å². The van der Waals surface area contributed by atoms with Gasteiger partial charge in [-0.1, -0.05) is 13.8 Å². The Morgan fingerprint density at radius 1 is 1.44 bits per heavy atom. The van der Waals surface area contributed by atoms with Crippen LogP contribution in [0.2, 0.25) is 0 Å². The molecule has 2 heterocycles. The summed E-state index contributed by atoms with van der Waals surface area (Å²) in [6.45, 7) is 7.62. The quantitative estimate of drug-likeness (QED) is 0.712. The summed E-state index contributed by atoms with van der Waals surface area (Å²) >= 11 is 0. The van der Waals surface area contributed by atoms with Gasteiger partial charge in [-0.15, -0.1) is 0 Å². The van der Waals surface area contributed by atoms with Crippen LogP contribution in [-0.4, -0.2) is 41.8 Å². The second kappa shape index (κ2) is 4.91. The van der Waals surface area contributed by atoms with Crippen molar-refractivity contribution in [3.63, 3.8) is 0 Å². The summed E-state index contributed by atoms with van der Waals surface area (Å²) in [5, 5.41) is 13.3. The van der Waals surface area contributed by atoms with Gasteiger partial charge in [0.1, 0.15) is 0 Å². The van der Waals surface area contributed by atoms with Gasteiger partial charge >= 0.3 is 7.12 Å². The highest BCUT2D eigenvalue weighted by Crippen LogP contribution is 2.22. The third kappa shape index (κ3) is 2.53. The second-order valence-electron chi connectivity index (χ2n) is 5.45. The van der Waals surface area contributed by atoms with Gasteiger partial charge in [0.2, 0.25) is 0 Å². The molecule has 1 fully saturated rings. The van der Waals surface area contributed by atoms with Crippen molar-refractivity contribution in [3.8, 4) is 0 Å². The largest absolute Gasteiger partial charge is 0.515 e. The van der Waals surface area contributed by atoms with Crippen LogP contribution in [0.4, 0.5) is 5.69 Å². The SMILES string of the molecule is Cc1nn(CCO)c(B2OCC(C)(C)CO2)c1N. The normalized spacial score (nSPS) is 19.2. The Bertz CT molecular complexity index is 423. The minimum atomic E-state index is -0.495. The molecule has 1 aliphatic rings. The van der Waals surface area contributed by atoms with Gasteiger partial charge in [-0.3, -0.25) is 4.68 Å². The summed E-state index contributed by atoms with van der Waals surface area (Å²) in [7, 11) is -0.495. The third-order valence-electron chi connectivity index (χ3n) is 3.00. The number of hydrogen-bond acceptors (Lipinski definition) is 5. The molecule has 1 aliphatic heterocycles. The molecule has 2 rings (SSSR count). The van der Waals surface area contributed by atoms with E-state index in [1.165, 1.54) is 0 Å². The molecule has 1 saturated heterocycles. The average molecular weight is 253 g/mol. The first-order valence-electron chi connectivity index (χ1n) is 6.11. The zero-order valence-electron chi connectivity index (χ0n) is 11.1. The Labute approximate surface area is 107 Å². The molecule has 7 heteroatoms. The number of aliphatic hydroxyl groups excluding tert-OH is 1. The van der Waals surface area contributed by atoms with Crippen LogP contribution in [0.15, 0.2) is 0 Å². The van der Waals surface area contributed by atoms with Crippen molar-refractivity contribution in [2.24, 2.45) is 5.41 Å². The molecule has 0 atom stereocenters. The molecule has 0 radical (unpaired) electrons. The lowest BCUT2D eigenvalue weighted by Gasteiger charge is -2.33. The number of nitrogens with two attached hydrogens (primary N) is 1. The maximum absolute atomic E-state index is 9.04. The molecule has 1 aromatic heterocycles. The fraction of sp³-hybridized carbons (Fsp3) is 0.727. The summed E-state index contributed by atoms with van der Waals surface area (Å²) in [5.41, 5.74) is 8.04. The topological polar surface area (TPSA) is 82.5 Å². The lowest BCUT2D eigenvalue weighted by molar-refractivity contribution is 0.0336. The second-order valence-corrected chi connectivity index (χ2v) is 5.45. The van der Waals surface area contributed by atoms with Gasteiger partial charge in [0.15, 0.2) is 0 Å². The number of aliphatic hydroxyl groups is 1. The van der Waals surface area contributed by atoms with Crippen molar-refractivity contribution < 1.29 is 14.4 Å². The Hall–Kier alpha value is -1.05. The smallest absolute Gasteiger partial charge is 0.406 e. The van der Waals surface area contributed by atoms with Crippen LogP contribution >= 0.6 is 0 Å². The molecule has 6 nitrogen and oxygen atoms in total. The van der Waals surface area contributed by atoms with Crippen LogP contribution in [-0.2, 0) is 15.9 Å². The molecular weight excluding hydrogens is 233 g/mol. The van der Waals surface area contributed by atoms with Crippen molar-refractivity contribution in [3.05, 3.63) is 5.69 Å². The van der Waals surface area contributed by atoms with E-state index in [1.807, 2.05) is 6.92 Å². The molecule has 0 saturated carbocycles. The van der Waals surface area contributed by atoms with Crippen LogP contribution in [0, 0.1) is 12.3 Å². The predicted molar refractivity (Wildman–Crippen MR) is 69.5 cm³/mol. The molecule has 18 heavy (non-hydrogen) atoms. The van der Waals surface area contributed by atoms with E-state index in [0.29, 0.717) is 31.0 Å². The van der Waals surface area contributed by atoms with E-state index in [4.69, 9.17) is 20.1 Å². The van der Waals surface area contributed by atoms with Crippen molar-refractivity contribution in [2.75, 3.05) is 25.6 Å². The molecular formula is C11H20BN3O3. The molecule has 0 unspecified atom stereocenters. The highest BCUT2D eigenvalue weighted by Gasteiger charge is 2.37. The van der Waals surface area contributed by atoms with Gasteiger partial charge in [0.25, 0.3) is 0 Å². The van der Waals surface area contributed by atoms with E-state index in [2.05, 4.69) is 18.9 Å². The summed E-state index contributed by atoms with van der Waals surface area (Å²) in [6, 6.07) is 0. The van der Waals surface area contributed by atoms with Gasteiger partial charge in [0.05, 0.1) is 30.1 Å². The Morgan fingerprint density at radius 3 is 2.61 bits per heavy atom. The Morgan fingerprint density at radius 2 is 2.06 bits per heavy atom. The van der Waals surface area contributed by atoms with Gasteiger partial charge in [-0.25, -0.2) is 0 Å². The molecule has 1 aromatic rings. The van der Waals surface area contributed by atoms with E-state index in [9.17, 15) is 0 Å². The minimum Gasteiger partial charge on any atom is -0.406 e. The average Bonchev–Trinajstić information content (AvgIpc) is 2.57. The van der Waals surface area contributed by atoms with Crippen molar-refractivity contribution >= 4 is 18.4 Å². The monoisotopic (exact) mass is 253 g/mol. The number of nitrogen functional groups attached to an aromatic ring is 1. The molecule has 0 bridgehead atoms. The van der Waals surface area contributed by atoms with E-state index < -0.39 is 7.12 Å². The standard InChI is InChI=1S/C11H20BN3O3/c1-8-9(13)10(15(14-8)4-5-16)12-17-6-11(2,3)7-18-12/h16H,4-7,13H2,1-3H3. The highest BCUT2D eigenvalue weighted by atomic mass is 16.6. The minimum absolute atomic E-state index is 0.00573. The molecule has 0 spiro atoms. The summed E-state index contributed by atoms with van der Waals surface area (Å²) in [6.07, 6.45) is 0. The van der Waals surface area contributed by atoms with Crippen LogP contribution in [0.3, 0.4) is 0 Å². The molecule has 0 aromatic carbocycles. The zero-order valence-corrected chi connectivity index (χ0v) is 11.1. The van der Waals surface area contributed by atoms with Crippen LogP contribution in [0.1, 0.15) is 19.5 Å². The summed E-state index contributed by atoms with van der Waals surface area (Å²) in [5.74, 6) is 0. The van der Waals surface area contributed by atoms with Gasteiger partial charge in [-0.05, 0) is 6.92 Å². The van der Waals surface area contributed by atoms with Gasteiger partial charge < -0.3 is 20.1 Å². The van der Waals surface area contributed by atoms with Crippen LogP contribution < -0.4 is 11.3 Å². The van der Waals surface area contributed by atoms with Crippen LogP contribution in [0.5, 0.6) is 0 Å². The molecule has 100 valence electrons. The molecule has 0 aliphatic carbocycles. The highest BCUT2D eigenvalue weighted by molar-refractivity contribution is 6.62. The lowest BCUT2D eigenvalue weighted by Crippen LogP contribution is -2.50. The fourth-order valence-electron chi connectivity index (χ4n) is 1.98. The van der Waals surface area contributed by atoms with Gasteiger partial charge in [0, 0.05) is 18.6 Å². The Balaban J connectivity index is 2.22. The van der Waals surface area contributed by atoms with Crippen molar-refractivity contribution in [2.45, 2.75) is 27.3 Å². The number of hydrogen-bond donors (Lipinski definition) is 2. The number of nitrogens with zero attached hydrogens (tertiary/aromatic N) is 2. The summed E-state index contributed by atoms with van der Waals surface area (Å²) < 4.78 is 13.1. The molecule has 0 amide bonds. The lowest BCUT2D eigenvalue weighted by atomic mass is 9.79. The number of aryl methyl sites for hydroxylation is 1. The fourth-order valence-corrected chi connectivity index (χ4v) is 1.98. The van der Waals surface area contributed by atoms with Crippen LogP contribution in [0.25, 0.3) is 0 Å². The summed E-state index contributed by atoms with van der Waals surface area (Å²) in [4.78, 5) is 0. The van der Waals surface area contributed by atoms with Gasteiger partial charge in [-0.2, -0.15) is 5.10 Å². The van der Waals surface area contributed by atoms with E-state index >= 15 is 0 Å². The maximum atomic E-state index is 9.04. The maximum Gasteiger partial charge on any atom is 0.515 e. The van der Waals surface area contributed by atoms with E-state index in [1.54, 1.807) is 4.68 Å². The van der Waals surface area contributed by atoms with E-state index in [0.717, 1.165) is 5.69 Å². The number of aromatic nitrogens is 2.